The highest BCUT2D eigenvalue weighted by atomic mass is 35.5. The van der Waals surface area contributed by atoms with E-state index in [1.807, 2.05) is 12.1 Å². The van der Waals surface area contributed by atoms with Crippen LogP contribution in [0.2, 0.25) is 0 Å². The van der Waals surface area contributed by atoms with Gasteiger partial charge in [-0.15, -0.1) is 16.7 Å². The maximum absolute atomic E-state index is 11.8. The van der Waals surface area contributed by atoms with E-state index < -0.39 is 0 Å². The molecule has 2 rings (SSSR count). The summed E-state index contributed by atoms with van der Waals surface area (Å²) < 4.78 is 1.74. The summed E-state index contributed by atoms with van der Waals surface area (Å²) in [7, 11) is 0. The molecule has 1 aromatic carbocycles. The van der Waals surface area contributed by atoms with Gasteiger partial charge in [0.2, 0.25) is 0 Å². The van der Waals surface area contributed by atoms with Gasteiger partial charge in [0.1, 0.15) is 0 Å². The van der Waals surface area contributed by atoms with Gasteiger partial charge in [0.15, 0.2) is 0 Å². The van der Waals surface area contributed by atoms with Gasteiger partial charge in [-0.1, -0.05) is 17.3 Å². The van der Waals surface area contributed by atoms with Crippen LogP contribution in [0.5, 0.6) is 0 Å². The highest BCUT2D eigenvalue weighted by Crippen LogP contribution is 2.06. The molecule has 0 aliphatic rings. The standard InChI is InChI=1S/C13H15ClN4O/c14-10-11-2-4-12(5-3-11)13(19)15-6-1-8-18-9-7-16-17-18/h2-5,7,9H,1,6,8,10H2,(H,15,19). The summed E-state index contributed by atoms with van der Waals surface area (Å²) in [4.78, 5) is 11.8. The van der Waals surface area contributed by atoms with Gasteiger partial charge in [-0.2, -0.15) is 0 Å². The smallest absolute Gasteiger partial charge is 0.251 e. The van der Waals surface area contributed by atoms with E-state index in [0.717, 1.165) is 18.5 Å². The third kappa shape index (κ3) is 4.06. The number of nitrogens with one attached hydrogen (secondary N) is 1. The van der Waals surface area contributed by atoms with Gasteiger partial charge in [-0.25, -0.2) is 0 Å². The zero-order chi connectivity index (χ0) is 13.5. The molecule has 0 unspecified atom stereocenters. The lowest BCUT2D eigenvalue weighted by atomic mass is 10.1. The van der Waals surface area contributed by atoms with Crippen LogP contribution in [0.15, 0.2) is 36.7 Å². The van der Waals surface area contributed by atoms with Crippen molar-refractivity contribution in [2.75, 3.05) is 6.54 Å². The molecule has 19 heavy (non-hydrogen) atoms. The van der Waals surface area contributed by atoms with Gasteiger partial charge < -0.3 is 5.32 Å². The van der Waals surface area contributed by atoms with Crippen molar-refractivity contribution in [1.29, 1.82) is 0 Å². The predicted molar refractivity (Wildman–Crippen MR) is 73.0 cm³/mol. The number of carbonyl (C=O) groups is 1. The Morgan fingerprint density at radius 3 is 2.74 bits per heavy atom. The molecule has 0 bridgehead atoms. The molecular weight excluding hydrogens is 264 g/mol. The van der Waals surface area contributed by atoms with Crippen molar-refractivity contribution >= 4 is 17.5 Å². The van der Waals surface area contributed by atoms with Crippen LogP contribution in [0, 0.1) is 0 Å². The molecule has 1 amide bonds. The number of halogens is 1. The summed E-state index contributed by atoms with van der Waals surface area (Å²) in [5.74, 6) is 0.388. The predicted octanol–water partition coefficient (Wildman–Crippen LogP) is 1.84. The summed E-state index contributed by atoms with van der Waals surface area (Å²) >= 11 is 5.70. The van der Waals surface area contributed by atoms with E-state index in [4.69, 9.17) is 11.6 Å². The first kappa shape index (κ1) is 13.5. The molecule has 0 saturated heterocycles. The van der Waals surface area contributed by atoms with E-state index in [1.165, 1.54) is 0 Å². The number of rotatable bonds is 6. The van der Waals surface area contributed by atoms with Crippen molar-refractivity contribution in [1.82, 2.24) is 20.3 Å². The maximum Gasteiger partial charge on any atom is 0.251 e. The van der Waals surface area contributed by atoms with Crippen LogP contribution in [0.1, 0.15) is 22.3 Å². The fourth-order valence-corrected chi connectivity index (χ4v) is 1.82. The number of hydrogen-bond donors (Lipinski definition) is 1. The number of benzene rings is 1. The van der Waals surface area contributed by atoms with E-state index in [2.05, 4.69) is 15.6 Å². The molecule has 1 heterocycles. The zero-order valence-electron chi connectivity index (χ0n) is 10.4. The topological polar surface area (TPSA) is 59.8 Å². The van der Waals surface area contributed by atoms with Crippen LogP contribution in [-0.2, 0) is 12.4 Å². The van der Waals surface area contributed by atoms with Crippen molar-refractivity contribution < 1.29 is 4.79 Å². The number of alkyl halides is 1. The van der Waals surface area contributed by atoms with Gasteiger partial charge in [0.25, 0.3) is 5.91 Å². The number of aryl methyl sites for hydroxylation is 1. The summed E-state index contributed by atoms with van der Waals surface area (Å²) in [6, 6.07) is 7.28. The van der Waals surface area contributed by atoms with Gasteiger partial charge in [-0.3, -0.25) is 9.48 Å². The first-order valence-electron chi connectivity index (χ1n) is 6.07. The molecule has 0 radical (unpaired) electrons. The molecule has 0 aliphatic carbocycles. The van der Waals surface area contributed by atoms with Crippen LogP contribution < -0.4 is 5.32 Å². The van der Waals surface area contributed by atoms with E-state index in [1.54, 1.807) is 29.2 Å². The number of nitrogens with zero attached hydrogens (tertiary/aromatic N) is 3. The Kier molecular flexibility index (Phi) is 4.92. The Morgan fingerprint density at radius 1 is 1.32 bits per heavy atom. The minimum absolute atomic E-state index is 0.0697. The first-order valence-corrected chi connectivity index (χ1v) is 6.60. The summed E-state index contributed by atoms with van der Waals surface area (Å²) in [6.07, 6.45) is 4.25. The Bertz CT molecular complexity index is 510. The van der Waals surface area contributed by atoms with Crippen LogP contribution in [0.25, 0.3) is 0 Å². The molecule has 1 N–H and O–H groups in total. The van der Waals surface area contributed by atoms with Crippen LogP contribution in [0.4, 0.5) is 0 Å². The van der Waals surface area contributed by atoms with Crippen LogP contribution in [-0.4, -0.2) is 27.4 Å². The number of carbonyl (C=O) groups excluding carboxylic acids is 1. The molecule has 2 aromatic rings. The second-order valence-corrected chi connectivity index (χ2v) is 4.37. The van der Waals surface area contributed by atoms with Gasteiger partial charge in [-0.05, 0) is 24.1 Å². The lowest BCUT2D eigenvalue weighted by Crippen LogP contribution is -2.25. The van der Waals surface area contributed by atoms with Gasteiger partial charge in [0.05, 0.1) is 6.20 Å². The van der Waals surface area contributed by atoms with Crippen molar-refractivity contribution in [2.24, 2.45) is 0 Å². The summed E-state index contributed by atoms with van der Waals surface area (Å²) in [6.45, 7) is 1.35. The Morgan fingerprint density at radius 2 is 2.11 bits per heavy atom. The SMILES string of the molecule is O=C(NCCCn1ccnn1)c1ccc(CCl)cc1. The molecule has 0 aliphatic heterocycles. The third-order valence-corrected chi connectivity index (χ3v) is 3.00. The van der Waals surface area contributed by atoms with Crippen molar-refractivity contribution in [3.05, 3.63) is 47.8 Å². The lowest BCUT2D eigenvalue weighted by Gasteiger charge is -2.05. The lowest BCUT2D eigenvalue weighted by molar-refractivity contribution is 0.0952. The Hall–Kier alpha value is -1.88. The Balaban J connectivity index is 1.74. The summed E-state index contributed by atoms with van der Waals surface area (Å²) in [5, 5.41) is 10.4. The van der Waals surface area contributed by atoms with Crippen molar-refractivity contribution in [2.45, 2.75) is 18.8 Å². The average Bonchev–Trinajstić information content (AvgIpc) is 2.96. The van der Waals surface area contributed by atoms with Crippen LogP contribution >= 0.6 is 11.6 Å². The fourth-order valence-electron chi connectivity index (χ4n) is 1.64. The van der Waals surface area contributed by atoms with Crippen molar-refractivity contribution in [3.63, 3.8) is 0 Å². The normalized spacial score (nSPS) is 10.4. The molecule has 0 saturated carbocycles. The van der Waals surface area contributed by atoms with E-state index in [-0.39, 0.29) is 5.91 Å². The number of hydrogen-bond acceptors (Lipinski definition) is 3. The summed E-state index contributed by atoms with van der Waals surface area (Å²) in [5.41, 5.74) is 1.65. The van der Waals surface area contributed by atoms with Crippen LogP contribution in [0.3, 0.4) is 0 Å². The maximum atomic E-state index is 11.8. The molecule has 0 fully saturated rings. The molecule has 6 heteroatoms. The van der Waals surface area contributed by atoms with Gasteiger partial charge >= 0.3 is 0 Å². The first-order chi connectivity index (χ1) is 9.29. The van der Waals surface area contributed by atoms with E-state index in [9.17, 15) is 4.79 Å². The monoisotopic (exact) mass is 278 g/mol. The fraction of sp³-hybridized carbons (Fsp3) is 0.308. The highest BCUT2D eigenvalue weighted by molar-refractivity contribution is 6.17. The molecule has 0 spiro atoms. The molecular formula is C13H15ClN4O. The Labute approximate surface area is 116 Å². The number of amides is 1. The second kappa shape index (κ2) is 6.89. The van der Waals surface area contributed by atoms with Crippen molar-refractivity contribution in [3.8, 4) is 0 Å². The highest BCUT2D eigenvalue weighted by Gasteiger charge is 2.04. The van der Waals surface area contributed by atoms with E-state index >= 15 is 0 Å². The van der Waals surface area contributed by atoms with Gasteiger partial charge in [0, 0.05) is 30.7 Å². The quantitative estimate of drug-likeness (QED) is 0.648. The second-order valence-electron chi connectivity index (χ2n) is 4.11. The molecule has 5 nitrogen and oxygen atoms in total. The number of aromatic nitrogens is 3. The average molecular weight is 279 g/mol. The third-order valence-electron chi connectivity index (χ3n) is 2.69. The minimum Gasteiger partial charge on any atom is -0.352 e. The molecule has 100 valence electrons. The minimum atomic E-state index is -0.0697. The van der Waals surface area contributed by atoms with E-state index in [0.29, 0.717) is 18.0 Å². The molecule has 0 atom stereocenters. The molecule has 1 aromatic heterocycles. The zero-order valence-corrected chi connectivity index (χ0v) is 11.2. The largest absolute Gasteiger partial charge is 0.352 e.